The van der Waals surface area contributed by atoms with Crippen LogP contribution < -0.4 is 21.3 Å². The number of carbonyl (C=O) groups excluding carboxylic acids is 3. The molecule has 1 saturated heterocycles. The van der Waals surface area contributed by atoms with Crippen LogP contribution >= 0.6 is 0 Å². The normalized spacial score (nSPS) is 15.7. The fraction of sp³-hybridized carbons (Fsp3) is 0.543. The van der Waals surface area contributed by atoms with Crippen LogP contribution in [-0.4, -0.2) is 87.0 Å². The number of hydrogen-bond donors (Lipinski definition) is 3. The molecule has 0 unspecified atom stereocenters. The summed E-state index contributed by atoms with van der Waals surface area (Å²) in [6.45, 7) is 13.9. The van der Waals surface area contributed by atoms with Crippen LogP contribution in [0.3, 0.4) is 0 Å². The van der Waals surface area contributed by atoms with Crippen molar-refractivity contribution in [3.05, 3.63) is 46.8 Å². The average molecular weight is 694 g/mol. The first-order valence-electron chi connectivity index (χ1n) is 16.9. The summed E-state index contributed by atoms with van der Waals surface area (Å²) in [6.07, 6.45) is 7.16. The summed E-state index contributed by atoms with van der Waals surface area (Å²) in [7, 11) is 1.58. The maximum Gasteiger partial charge on any atom is 0.410 e. The molecule has 14 nitrogen and oxygen atoms in total. The summed E-state index contributed by atoms with van der Waals surface area (Å²) in [5.74, 6) is -1.39. The summed E-state index contributed by atoms with van der Waals surface area (Å²) in [4.78, 5) is 55.7. The first-order valence-corrected chi connectivity index (χ1v) is 16.9. The quantitative estimate of drug-likeness (QED) is 0.205. The number of aliphatic imine (C=N–C) groups is 1. The zero-order valence-electron chi connectivity index (χ0n) is 30.1. The Morgan fingerprint density at radius 2 is 1.68 bits per heavy atom. The number of nitrogens with two attached hydrogens (primary N) is 1. The molecule has 5 rings (SSSR count). The molecule has 3 heterocycles. The van der Waals surface area contributed by atoms with E-state index in [1.807, 2.05) is 30.6 Å². The monoisotopic (exact) mass is 693 g/mol. The smallest absolute Gasteiger partial charge is 0.410 e. The number of hydrogen-bond acceptors (Lipinski definition) is 10. The Morgan fingerprint density at radius 3 is 2.28 bits per heavy atom. The summed E-state index contributed by atoms with van der Waals surface area (Å²) in [6, 6.07) is 1.51. The second kappa shape index (κ2) is 14.1. The average Bonchev–Trinajstić information content (AvgIpc) is 3.74. The number of benzene rings is 1. The van der Waals surface area contributed by atoms with E-state index in [1.54, 1.807) is 51.5 Å². The first-order chi connectivity index (χ1) is 23.4. The Morgan fingerprint density at radius 1 is 1.04 bits per heavy atom. The molecule has 4 N–H and O–H groups in total. The maximum atomic E-state index is 15.8. The van der Waals surface area contributed by atoms with Gasteiger partial charge in [0.25, 0.3) is 5.91 Å². The van der Waals surface area contributed by atoms with Gasteiger partial charge in [-0.3, -0.25) is 14.8 Å². The van der Waals surface area contributed by atoms with Gasteiger partial charge in [0.2, 0.25) is 0 Å². The van der Waals surface area contributed by atoms with Gasteiger partial charge in [-0.15, -0.1) is 0 Å². The molecule has 2 fully saturated rings. The number of halogens is 1. The molecule has 0 atom stereocenters. The molecular weight excluding hydrogens is 645 g/mol. The molecule has 15 heteroatoms. The minimum Gasteiger partial charge on any atom is -0.444 e. The third-order valence-electron chi connectivity index (χ3n) is 8.28. The molecule has 0 bridgehead atoms. The van der Waals surface area contributed by atoms with Gasteiger partial charge in [-0.25, -0.2) is 19.0 Å². The summed E-state index contributed by atoms with van der Waals surface area (Å²) < 4.78 is 28.5. The number of rotatable bonds is 8. The van der Waals surface area contributed by atoms with E-state index < -0.39 is 29.0 Å². The van der Waals surface area contributed by atoms with Crippen molar-refractivity contribution in [2.75, 3.05) is 36.1 Å². The highest BCUT2D eigenvalue weighted by Gasteiger charge is 2.41. The second-order valence-electron chi connectivity index (χ2n) is 14.8. The van der Waals surface area contributed by atoms with Crippen LogP contribution in [0.2, 0.25) is 0 Å². The lowest BCUT2D eigenvalue weighted by atomic mass is 9.99. The lowest BCUT2D eigenvalue weighted by Gasteiger charge is -2.40. The van der Waals surface area contributed by atoms with Crippen molar-refractivity contribution in [2.24, 2.45) is 4.99 Å². The lowest BCUT2D eigenvalue weighted by Crippen LogP contribution is -2.50. The predicted molar refractivity (Wildman–Crippen MR) is 189 cm³/mol. The molecule has 3 amide bonds. The number of carbonyl (C=O) groups is 3. The third kappa shape index (κ3) is 8.61. The Balaban J connectivity index is 1.31. The topological polar surface area (TPSA) is 169 Å². The SMILES string of the molecule is CN=Cc1c(N2CCC(N(C(=O)OC(C)(C)C)C3CC3)CC2)cc(F)c(C(=O)Nc2cn3cc(CNC(=O)OC(C)(C)C)nc(C)c3n2)c1N. The van der Waals surface area contributed by atoms with Crippen molar-refractivity contribution in [3.8, 4) is 0 Å². The number of amides is 3. The number of ether oxygens (including phenoxy) is 2. The molecule has 1 aliphatic heterocycles. The number of nitrogens with one attached hydrogen (secondary N) is 2. The maximum absolute atomic E-state index is 15.8. The first kappa shape index (κ1) is 36.3. The van der Waals surface area contributed by atoms with Crippen LogP contribution in [0, 0.1) is 12.7 Å². The Bertz CT molecular complexity index is 1800. The zero-order valence-corrected chi connectivity index (χ0v) is 30.1. The molecule has 1 aliphatic carbocycles. The van der Waals surface area contributed by atoms with E-state index >= 15 is 4.39 Å². The van der Waals surface area contributed by atoms with E-state index in [9.17, 15) is 14.4 Å². The van der Waals surface area contributed by atoms with Gasteiger partial charge in [0.15, 0.2) is 11.5 Å². The van der Waals surface area contributed by atoms with Crippen molar-refractivity contribution in [3.63, 3.8) is 0 Å². The second-order valence-corrected chi connectivity index (χ2v) is 14.8. The molecule has 270 valence electrons. The number of anilines is 3. The minimum absolute atomic E-state index is 0.00530. The van der Waals surface area contributed by atoms with Gasteiger partial charge in [-0.2, -0.15) is 0 Å². The van der Waals surface area contributed by atoms with Crippen LogP contribution in [0.25, 0.3) is 5.65 Å². The van der Waals surface area contributed by atoms with Crippen LogP contribution in [0.15, 0.2) is 23.5 Å². The Kier molecular flexibility index (Phi) is 10.3. The Labute approximate surface area is 291 Å². The largest absolute Gasteiger partial charge is 0.444 e. The van der Waals surface area contributed by atoms with Gasteiger partial charge < -0.3 is 40.0 Å². The van der Waals surface area contributed by atoms with Gasteiger partial charge in [0.05, 0.1) is 41.1 Å². The standard InChI is InChI=1S/C35H48FN9O5/c1-20-30-41-27(19-44(30)18-21(40-20)16-39-32(47)49-34(2,3)4)42-31(46)28-25(36)15-26(24(17-38-8)29(28)37)43-13-11-23(12-14-43)45(22-9-10-22)33(48)50-35(5,6)7/h15,17-19,22-23H,9-14,16,37H2,1-8H3,(H,39,47)(H,42,46). The number of imidazole rings is 1. The van der Waals surface area contributed by atoms with Gasteiger partial charge in [-0.1, -0.05) is 0 Å². The van der Waals surface area contributed by atoms with Crippen molar-refractivity contribution >= 4 is 47.1 Å². The number of alkyl carbamates (subject to hydrolysis) is 1. The van der Waals surface area contributed by atoms with E-state index in [4.69, 9.17) is 15.2 Å². The van der Waals surface area contributed by atoms with Crippen LogP contribution in [0.5, 0.6) is 0 Å². The van der Waals surface area contributed by atoms with E-state index in [-0.39, 0.29) is 41.8 Å². The van der Waals surface area contributed by atoms with Crippen molar-refractivity contribution < 1.29 is 28.2 Å². The van der Waals surface area contributed by atoms with E-state index in [2.05, 4.69) is 25.6 Å². The summed E-state index contributed by atoms with van der Waals surface area (Å²) in [5.41, 5.74) is 7.43. The van der Waals surface area contributed by atoms with Crippen LogP contribution in [-0.2, 0) is 16.0 Å². The highest BCUT2D eigenvalue weighted by Crippen LogP contribution is 2.36. The molecule has 0 radical (unpaired) electrons. The van der Waals surface area contributed by atoms with Crippen molar-refractivity contribution in [2.45, 2.75) is 104 Å². The Hall–Kier alpha value is -4.95. The number of aromatic nitrogens is 3. The van der Waals surface area contributed by atoms with Gasteiger partial charge in [0.1, 0.15) is 17.0 Å². The molecule has 0 spiro atoms. The molecule has 2 aromatic heterocycles. The highest BCUT2D eigenvalue weighted by atomic mass is 19.1. The van der Waals surface area contributed by atoms with Gasteiger partial charge in [0, 0.05) is 50.2 Å². The van der Waals surface area contributed by atoms with E-state index in [0.29, 0.717) is 54.2 Å². The minimum atomic E-state index is -0.782. The fourth-order valence-corrected chi connectivity index (χ4v) is 6.09. The van der Waals surface area contributed by atoms with Crippen LogP contribution in [0.4, 0.5) is 31.2 Å². The number of piperidine rings is 1. The van der Waals surface area contributed by atoms with E-state index in [1.165, 1.54) is 12.3 Å². The van der Waals surface area contributed by atoms with E-state index in [0.717, 1.165) is 12.8 Å². The van der Waals surface area contributed by atoms with Gasteiger partial charge >= 0.3 is 12.2 Å². The molecule has 1 aromatic carbocycles. The number of aryl methyl sites for hydroxylation is 1. The molecule has 1 saturated carbocycles. The van der Waals surface area contributed by atoms with Crippen molar-refractivity contribution in [1.82, 2.24) is 24.6 Å². The summed E-state index contributed by atoms with van der Waals surface area (Å²) in [5, 5.41) is 5.34. The number of nitrogen functional groups attached to an aromatic ring is 1. The number of nitrogens with zero attached hydrogens (tertiary/aromatic N) is 6. The van der Waals surface area contributed by atoms with Crippen LogP contribution in [0.1, 0.15) is 94.5 Å². The molecule has 3 aromatic rings. The fourth-order valence-electron chi connectivity index (χ4n) is 6.09. The predicted octanol–water partition coefficient (Wildman–Crippen LogP) is 5.45. The molecule has 50 heavy (non-hydrogen) atoms. The third-order valence-corrected chi connectivity index (χ3v) is 8.28. The lowest BCUT2D eigenvalue weighted by molar-refractivity contribution is 0.0113. The van der Waals surface area contributed by atoms with Gasteiger partial charge in [-0.05, 0) is 80.2 Å². The molecule has 2 aliphatic rings. The highest BCUT2D eigenvalue weighted by molar-refractivity contribution is 6.11. The van der Waals surface area contributed by atoms with Crippen molar-refractivity contribution in [1.29, 1.82) is 0 Å². The molecular formula is C35H48FN9O5. The summed E-state index contributed by atoms with van der Waals surface area (Å²) >= 11 is 0. The zero-order chi connectivity index (χ0) is 36.5. The number of fused-ring (bicyclic) bond motifs is 1.